The molecule has 0 unspecified atom stereocenters. The zero-order valence-electron chi connectivity index (χ0n) is 49.3. The fraction of sp³-hybridized carbons (Fsp3) is 0.355. The van der Waals surface area contributed by atoms with Crippen molar-refractivity contribution in [1.29, 1.82) is 0 Å². The maximum Gasteiger partial charge on any atom is 0.123 e. The first kappa shape index (κ1) is 57.2. The van der Waals surface area contributed by atoms with Gasteiger partial charge < -0.3 is 46.7 Å². The Kier molecular flexibility index (Phi) is 17.3. The topological polar surface area (TPSA) is 196 Å². The molecule has 0 atom stereocenters. The summed E-state index contributed by atoms with van der Waals surface area (Å²) in [5, 5.41) is 23.1. The number of aromatic nitrogens is 16. The van der Waals surface area contributed by atoms with Gasteiger partial charge in [0.25, 0.3) is 0 Å². The van der Waals surface area contributed by atoms with Gasteiger partial charge in [-0.1, -0.05) is 48.5 Å². The molecule has 8 heterocycles. The maximum atomic E-state index is 11.9. The van der Waals surface area contributed by atoms with Crippen molar-refractivity contribution in [1.82, 2.24) is 96.0 Å². The lowest BCUT2D eigenvalue weighted by Crippen LogP contribution is -2.40. The van der Waals surface area contributed by atoms with Crippen LogP contribution in [0.2, 0.25) is 0 Å². The van der Waals surface area contributed by atoms with E-state index >= 15 is 0 Å². The largest absolute Gasteiger partial charge is 0.390 e. The smallest absolute Gasteiger partial charge is 0.123 e. The van der Waals surface area contributed by atoms with Crippen LogP contribution in [0, 0.1) is 0 Å². The third kappa shape index (κ3) is 13.1. The molecule has 84 heavy (non-hydrogen) atoms. The second kappa shape index (κ2) is 25.5. The van der Waals surface area contributed by atoms with Crippen LogP contribution in [0.25, 0.3) is 44.1 Å². The average Bonchev–Trinajstić information content (AvgIpc) is 4.56. The van der Waals surface area contributed by atoms with Crippen LogP contribution in [0.1, 0.15) is 46.6 Å². The number of aliphatic hydroxyl groups is 2. The van der Waals surface area contributed by atoms with Gasteiger partial charge in [0.15, 0.2) is 0 Å². The highest BCUT2D eigenvalue weighted by Crippen LogP contribution is 2.23. The molecule has 0 aliphatic rings. The minimum atomic E-state index is -0.677. The van der Waals surface area contributed by atoms with E-state index in [0.29, 0.717) is 78.5 Å². The monoisotopic (exact) mass is 1130 g/mol. The van der Waals surface area contributed by atoms with Crippen LogP contribution in [0.3, 0.4) is 0 Å². The van der Waals surface area contributed by atoms with E-state index < -0.39 is 12.2 Å². The van der Waals surface area contributed by atoms with Crippen molar-refractivity contribution in [2.75, 3.05) is 26.2 Å². The second-order valence-electron chi connectivity index (χ2n) is 22.1. The standard InChI is InChI=1S/C39H42N10O.C23H34N10O/c1-44-32-17-9-5-13-28(32)40-36(44)23-48(24-37-41-29-14-6-10-18-33(29)45(37)2)21-27(50)22-49(25-38-42-30-15-7-11-19-34(30)46(38)3)26-39-43-31-16-8-12-20-35(31)47(39)4;1-28-9-5-24-20(28)15-32(16-21-25-6-10-29(21)2)13-19(34)14-33(17-22-26-7-11-30(22)3)18-23-27-8-12-31(23)4/h5-20,27,50H,21-26H2,1-4H3;5-12,19,34H,13-18H2,1-4H3. The number of fused-ring (bicyclic) bond motifs is 4. The van der Waals surface area contributed by atoms with Crippen LogP contribution < -0.4 is 0 Å². The Labute approximate surface area is 488 Å². The molecule has 0 saturated heterocycles. The summed E-state index contributed by atoms with van der Waals surface area (Å²) in [6.07, 6.45) is 13.7. The highest BCUT2D eigenvalue weighted by molar-refractivity contribution is 5.78. The number of imidazole rings is 8. The number of para-hydroxylation sites is 8. The van der Waals surface area contributed by atoms with E-state index in [4.69, 9.17) is 19.9 Å². The fourth-order valence-corrected chi connectivity index (χ4v) is 11.2. The highest BCUT2D eigenvalue weighted by atomic mass is 16.3. The summed E-state index contributed by atoms with van der Waals surface area (Å²) in [5.74, 6) is 7.53. The third-order valence-corrected chi connectivity index (χ3v) is 16.0. The molecule has 0 saturated carbocycles. The molecule has 2 N–H and O–H groups in total. The van der Waals surface area contributed by atoms with E-state index in [0.717, 1.165) is 90.7 Å². The van der Waals surface area contributed by atoms with Gasteiger partial charge in [-0.25, -0.2) is 39.9 Å². The molecule has 12 rings (SSSR count). The highest BCUT2D eigenvalue weighted by Gasteiger charge is 2.25. The van der Waals surface area contributed by atoms with Gasteiger partial charge in [0.05, 0.1) is 109 Å². The Morgan fingerprint density at radius 1 is 0.310 bits per heavy atom. The van der Waals surface area contributed by atoms with Crippen molar-refractivity contribution in [2.24, 2.45) is 56.4 Å². The van der Waals surface area contributed by atoms with Crippen LogP contribution >= 0.6 is 0 Å². The molecule has 0 aliphatic heterocycles. The molecular weight excluding hydrogens is 1060 g/mol. The third-order valence-electron chi connectivity index (χ3n) is 16.0. The zero-order valence-corrected chi connectivity index (χ0v) is 49.3. The van der Waals surface area contributed by atoms with Crippen LogP contribution in [-0.2, 0) is 109 Å². The minimum absolute atomic E-state index is 0.425. The van der Waals surface area contributed by atoms with E-state index in [9.17, 15) is 10.2 Å². The fourth-order valence-electron chi connectivity index (χ4n) is 11.2. The molecule has 0 bridgehead atoms. The van der Waals surface area contributed by atoms with E-state index in [1.54, 1.807) is 24.8 Å². The van der Waals surface area contributed by atoms with Crippen LogP contribution in [0.5, 0.6) is 0 Å². The molecular formula is C62H76N20O2. The van der Waals surface area contributed by atoms with Gasteiger partial charge in [-0.15, -0.1) is 0 Å². The molecule has 12 aromatic rings. The Bertz CT molecular complexity index is 3600. The lowest BCUT2D eigenvalue weighted by Gasteiger charge is -2.29. The van der Waals surface area contributed by atoms with Crippen LogP contribution in [0.4, 0.5) is 0 Å². The number of benzene rings is 4. The average molecular weight is 1130 g/mol. The van der Waals surface area contributed by atoms with Crippen molar-refractivity contribution in [3.05, 3.63) is 193 Å². The SMILES string of the molecule is Cn1c(CN(Cc2nc3ccccc3n2C)CC(O)CN(Cc2nc3ccccc3n2C)Cc2nc3ccccc3n2C)nc2ccccc21.Cn1ccnc1CN(Cc1nccn1C)CC(O)CN(Cc1nccn1C)Cc1nccn1C. The van der Waals surface area contributed by atoms with Crippen molar-refractivity contribution in [2.45, 2.75) is 64.6 Å². The molecule has 0 fully saturated rings. The van der Waals surface area contributed by atoms with Gasteiger partial charge in [-0.2, -0.15) is 0 Å². The number of nitrogens with zero attached hydrogens (tertiary/aromatic N) is 20. The summed E-state index contributed by atoms with van der Waals surface area (Å²) < 4.78 is 16.6. The Morgan fingerprint density at radius 2 is 0.512 bits per heavy atom. The predicted octanol–water partition coefficient (Wildman–Crippen LogP) is 5.99. The molecule has 8 aromatic heterocycles. The van der Waals surface area contributed by atoms with Crippen LogP contribution in [0.15, 0.2) is 147 Å². The first-order valence-corrected chi connectivity index (χ1v) is 28.4. The Balaban J connectivity index is 0.000000189. The first-order valence-electron chi connectivity index (χ1n) is 28.4. The van der Waals surface area contributed by atoms with Crippen molar-refractivity contribution >= 4 is 44.1 Å². The van der Waals surface area contributed by atoms with Gasteiger partial charge >= 0.3 is 0 Å². The molecule has 0 radical (unpaired) electrons. The van der Waals surface area contributed by atoms with Gasteiger partial charge in [0.1, 0.15) is 46.6 Å². The summed E-state index contributed by atoms with van der Waals surface area (Å²) in [6.45, 7) is 6.51. The Hall–Kier alpha value is -8.64. The van der Waals surface area contributed by atoms with Crippen molar-refractivity contribution in [3.8, 4) is 0 Å². The number of hydrogen-bond donors (Lipinski definition) is 2. The summed E-state index contributed by atoms with van der Waals surface area (Å²) in [6, 6.07) is 32.8. The lowest BCUT2D eigenvalue weighted by atomic mass is 10.2. The normalized spacial score (nSPS) is 12.2. The van der Waals surface area contributed by atoms with Gasteiger partial charge in [-0.05, 0) is 48.5 Å². The summed E-state index contributed by atoms with van der Waals surface area (Å²) in [7, 11) is 16.2. The molecule has 0 aliphatic carbocycles. The van der Waals surface area contributed by atoms with Gasteiger partial charge in [0.2, 0.25) is 0 Å². The Morgan fingerprint density at radius 3 is 0.702 bits per heavy atom. The lowest BCUT2D eigenvalue weighted by molar-refractivity contribution is 0.0583. The number of aryl methyl sites for hydroxylation is 8. The molecule has 22 nitrogen and oxygen atoms in total. The molecule has 436 valence electrons. The summed E-state index contributed by atoms with van der Waals surface area (Å²) in [5.41, 5.74) is 8.19. The van der Waals surface area contributed by atoms with E-state index in [1.165, 1.54) is 0 Å². The minimum Gasteiger partial charge on any atom is -0.390 e. The number of aliphatic hydroxyl groups excluding tert-OH is 2. The molecule has 22 heteroatoms. The van der Waals surface area contributed by atoms with Crippen LogP contribution in [-0.4, -0.2) is 145 Å². The number of rotatable bonds is 24. The van der Waals surface area contributed by atoms with Gasteiger partial charge in [0, 0.05) is 132 Å². The van der Waals surface area contributed by atoms with E-state index in [-0.39, 0.29) is 0 Å². The zero-order chi connectivity index (χ0) is 58.4. The summed E-state index contributed by atoms with van der Waals surface area (Å²) >= 11 is 0. The van der Waals surface area contributed by atoms with E-state index in [1.807, 2.05) is 144 Å². The molecule has 0 amide bonds. The maximum absolute atomic E-state index is 11.9. The molecule has 0 spiro atoms. The number of hydrogen-bond acceptors (Lipinski definition) is 14. The second-order valence-corrected chi connectivity index (χ2v) is 22.1. The van der Waals surface area contributed by atoms with Crippen molar-refractivity contribution in [3.63, 3.8) is 0 Å². The van der Waals surface area contributed by atoms with Gasteiger partial charge in [-0.3, -0.25) is 19.6 Å². The summed E-state index contributed by atoms with van der Waals surface area (Å²) in [4.78, 5) is 46.7. The van der Waals surface area contributed by atoms with E-state index in [2.05, 4.69) is 110 Å². The molecule has 4 aromatic carbocycles. The van der Waals surface area contributed by atoms with Crippen molar-refractivity contribution < 1.29 is 10.2 Å². The quantitative estimate of drug-likeness (QED) is 0.0717. The first-order chi connectivity index (χ1) is 40.7. The predicted molar refractivity (Wildman–Crippen MR) is 324 cm³/mol.